The first-order valence-corrected chi connectivity index (χ1v) is 48.3. The summed E-state index contributed by atoms with van der Waals surface area (Å²) in [6.07, 6.45) is -7.66. The molecule has 133 heavy (non-hydrogen) atoms. The summed E-state index contributed by atoms with van der Waals surface area (Å²) in [5.74, 6) is -4.65. The molecule has 48 heteroatoms. The average molecular weight is 1930 g/mol. The molecule has 11 amide bonds. The van der Waals surface area contributed by atoms with E-state index in [1.54, 1.807) is 0 Å². The van der Waals surface area contributed by atoms with E-state index in [2.05, 4.69) is 67.9 Å². The molecule has 0 spiro atoms. The van der Waals surface area contributed by atoms with Gasteiger partial charge in [-0.15, -0.1) is 0 Å². The standard InChI is InChI=1S/C85H153N12O35P/c1-53(101)92-70-77(116)74(113)59(48-98)130-83(70)125-40-20-16-26-63(106)86-33-23-36-89-66(109)30-43-122-52-62-80(123-44-31-67(110)90-37-24-34-87-64(107)27-17-21-41-126-84-71(93-54(2)102)78(117)75(114)60(49-99)131-84)81(124-45-32-68(111)91-38-25-35-88-65(108)28-18-22-42-127-85-72(94-55(3)103)79(118)76(115)61(50-100)132-85)73(95-56(4)104)82(129-62)96-69(112)29-15-13-11-9-7-6-8-10-12-14-19-39-97-47-58(105)46-57(97)51-128-133(119,120)121-5/h57-62,70-85,98-100,105,113-118H,6-52H2,1-5H3,(H,86,106)(H,87,107)(H,88,108)(H,89,109)(H,90,110)(H,91,111)(H,92,101)(H,93,102)(H,94,103)(H,95,104)(H,96,112)(H,119,120)/t57-,58+,59+,60+,61+,62+,70+,71+,72+,73+,74-,75-,76-,77+,78+,79+,80+,81+,82+,83+,84+,85+/m0/s1. The first-order valence-electron chi connectivity index (χ1n) is 46.8. The van der Waals surface area contributed by atoms with Gasteiger partial charge >= 0.3 is 7.82 Å². The molecular formula is C85H153N12O35P. The highest BCUT2D eigenvalue weighted by atomic mass is 31.2. The molecule has 0 aromatic rings. The monoisotopic (exact) mass is 1930 g/mol. The molecule has 5 aliphatic heterocycles. The third-order valence-electron chi connectivity index (χ3n) is 22.9. The van der Waals surface area contributed by atoms with Gasteiger partial charge in [-0.3, -0.25) is 66.7 Å². The minimum Gasteiger partial charge on any atom is -0.394 e. The van der Waals surface area contributed by atoms with Gasteiger partial charge in [0.15, 0.2) is 25.1 Å². The van der Waals surface area contributed by atoms with Crippen molar-refractivity contribution < 1.29 is 170 Å². The maximum atomic E-state index is 14.1. The van der Waals surface area contributed by atoms with Crippen LogP contribution in [0.2, 0.25) is 0 Å². The van der Waals surface area contributed by atoms with Crippen LogP contribution in [0.25, 0.3) is 0 Å². The molecule has 0 aliphatic carbocycles. The third kappa shape index (κ3) is 46.2. The number of aliphatic hydroxyl groups excluding tert-OH is 10. The highest BCUT2D eigenvalue weighted by molar-refractivity contribution is 7.47. The number of rotatable bonds is 69. The van der Waals surface area contributed by atoms with Gasteiger partial charge in [-0.1, -0.05) is 57.8 Å². The number of phosphoric acid groups is 1. The smallest absolute Gasteiger partial charge is 0.394 e. The number of aliphatic hydroxyl groups is 10. The van der Waals surface area contributed by atoms with Gasteiger partial charge in [-0.05, 0) is 83.6 Å². The van der Waals surface area contributed by atoms with Gasteiger partial charge < -0.3 is 162 Å². The van der Waals surface area contributed by atoms with E-state index in [1.165, 1.54) is 27.7 Å². The van der Waals surface area contributed by atoms with Gasteiger partial charge in [0, 0.05) is 151 Å². The zero-order valence-corrected chi connectivity index (χ0v) is 78.4. The number of amides is 11. The summed E-state index contributed by atoms with van der Waals surface area (Å²) in [4.78, 5) is 153. The molecule has 1 unspecified atom stereocenters. The molecule has 23 atom stereocenters. The summed E-state index contributed by atoms with van der Waals surface area (Å²) in [6.45, 7) is 4.46. The number of nitrogens with one attached hydrogen (secondary N) is 11. The number of phosphoric ester groups is 1. The van der Waals surface area contributed by atoms with Crippen molar-refractivity contribution >= 4 is 72.8 Å². The number of β-amino-alcohol motifs (C(OH)–C–C–N with tert-alkyl or cyclic N) is 1. The first kappa shape index (κ1) is 117. The highest BCUT2D eigenvalue weighted by Gasteiger charge is 2.51. The van der Waals surface area contributed by atoms with E-state index in [0.29, 0.717) is 77.2 Å². The largest absolute Gasteiger partial charge is 0.471 e. The lowest BCUT2D eigenvalue weighted by Crippen LogP contribution is -2.69. The Hall–Kier alpha value is -6.56. The summed E-state index contributed by atoms with van der Waals surface area (Å²) in [5, 5.41) is 132. The van der Waals surface area contributed by atoms with E-state index in [0.717, 1.165) is 77.9 Å². The van der Waals surface area contributed by atoms with Gasteiger partial charge in [-0.2, -0.15) is 0 Å². The average Bonchev–Trinajstić information content (AvgIpc) is 1.31. The van der Waals surface area contributed by atoms with Crippen LogP contribution < -0.4 is 58.5 Å². The molecule has 5 aliphatic rings. The molecule has 5 heterocycles. The van der Waals surface area contributed by atoms with Crippen molar-refractivity contribution in [2.75, 3.05) is 132 Å². The number of ether oxygens (including phenoxy) is 10. The first-order chi connectivity index (χ1) is 63.7. The predicted molar refractivity (Wildman–Crippen MR) is 470 cm³/mol. The molecule has 0 aromatic heterocycles. The van der Waals surface area contributed by atoms with Crippen molar-refractivity contribution in [1.82, 2.24) is 63.4 Å². The lowest BCUT2D eigenvalue weighted by Gasteiger charge is -2.46. The van der Waals surface area contributed by atoms with E-state index >= 15 is 0 Å². The molecule has 768 valence electrons. The number of carbonyl (C=O) groups excluding carboxylic acids is 11. The topological polar surface area (TPSA) is 674 Å². The number of unbranched alkanes of at least 4 members (excludes halogenated alkanes) is 13. The molecular weight excluding hydrogens is 1780 g/mol. The summed E-state index contributed by atoms with van der Waals surface area (Å²) in [6, 6.07) is -4.72. The Morgan fingerprint density at radius 1 is 0.353 bits per heavy atom. The summed E-state index contributed by atoms with van der Waals surface area (Å²) in [5.41, 5.74) is 0. The highest BCUT2D eigenvalue weighted by Crippen LogP contribution is 2.43. The van der Waals surface area contributed by atoms with Crippen molar-refractivity contribution in [1.29, 1.82) is 0 Å². The Morgan fingerprint density at radius 2 is 0.684 bits per heavy atom. The predicted octanol–water partition coefficient (Wildman–Crippen LogP) is -4.57. The zero-order valence-electron chi connectivity index (χ0n) is 77.5. The van der Waals surface area contributed by atoms with Gasteiger partial charge in [0.1, 0.15) is 97.4 Å². The molecule has 0 saturated carbocycles. The normalized spacial score (nSPS) is 27.5. The lowest BCUT2D eigenvalue weighted by atomic mass is 9.94. The van der Waals surface area contributed by atoms with Crippen LogP contribution in [0.5, 0.6) is 0 Å². The molecule has 5 saturated heterocycles. The number of likely N-dealkylation sites (tertiary alicyclic amines) is 1. The molecule has 47 nitrogen and oxygen atoms in total. The van der Waals surface area contributed by atoms with Crippen LogP contribution in [0.3, 0.4) is 0 Å². The summed E-state index contributed by atoms with van der Waals surface area (Å²) >= 11 is 0. The van der Waals surface area contributed by atoms with Gasteiger partial charge in [-0.25, -0.2) is 4.57 Å². The second-order valence-electron chi connectivity index (χ2n) is 34.0. The number of hydrogen-bond acceptors (Lipinski definition) is 35. The molecule has 22 N–H and O–H groups in total. The van der Waals surface area contributed by atoms with Crippen molar-refractivity contribution in [3.8, 4) is 0 Å². The van der Waals surface area contributed by atoms with Crippen LogP contribution in [0.15, 0.2) is 0 Å². The van der Waals surface area contributed by atoms with Crippen LogP contribution in [0.4, 0.5) is 0 Å². The van der Waals surface area contributed by atoms with E-state index in [-0.39, 0.29) is 161 Å². The maximum Gasteiger partial charge on any atom is 0.471 e. The van der Waals surface area contributed by atoms with Crippen LogP contribution in [-0.4, -0.2) is 393 Å². The number of nitrogens with zero attached hydrogens (tertiary/aromatic N) is 1. The van der Waals surface area contributed by atoms with Gasteiger partial charge in [0.2, 0.25) is 65.0 Å². The Kier molecular flexibility index (Phi) is 58.1. The van der Waals surface area contributed by atoms with E-state index in [1.807, 2.05) is 0 Å². The number of hydrogen-bond donors (Lipinski definition) is 22. The van der Waals surface area contributed by atoms with Crippen molar-refractivity contribution in [2.45, 2.75) is 342 Å². The van der Waals surface area contributed by atoms with Gasteiger partial charge in [0.05, 0.1) is 59.0 Å². The second-order valence-corrected chi connectivity index (χ2v) is 35.5. The van der Waals surface area contributed by atoms with Gasteiger partial charge in [0.25, 0.3) is 0 Å². The Bertz CT molecular complexity index is 3450. The Labute approximate surface area is 777 Å². The molecule has 0 bridgehead atoms. The van der Waals surface area contributed by atoms with Crippen LogP contribution in [-0.2, 0) is 114 Å². The van der Waals surface area contributed by atoms with E-state index in [4.69, 9.17) is 51.9 Å². The number of carbonyl (C=O) groups is 11. The van der Waals surface area contributed by atoms with Crippen molar-refractivity contribution in [3.63, 3.8) is 0 Å². The fourth-order valence-electron chi connectivity index (χ4n) is 15.8. The minimum atomic E-state index is -4.13. The van der Waals surface area contributed by atoms with E-state index < -0.39 is 204 Å². The summed E-state index contributed by atoms with van der Waals surface area (Å²) in [7, 11) is -3.03. The second kappa shape index (κ2) is 66.1. The Morgan fingerprint density at radius 3 is 1.05 bits per heavy atom. The third-order valence-corrected chi connectivity index (χ3v) is 23.8. The SMILES string of the molecule is COP(=O)(O)OC[C@@H]1C[C@@H](O)CN1CCCCCCCCCCCCCC(=O)N[C@@H]1O[C@H](COCCC(=O)NCCCNC(=O)CCCCO[C@@H]2O[C@H](CO)[C@H](O)[C@H](O)[C@H]2NC(C)=O)[C@@H](OCCC(=O)NCCCNC(=O)CCCCO[C@@H]2O[C@H](CO)[C@H](O)[C@H](O)[C@H]2NC(C)=O)[C@H](OCCC(=O)NCCCNC(=O)CCCCO[C@@H]2O[C@H](CO)[C@H](O)[C@H](O)[C@H]2NC(C)=O)[C@H]1NC(C)=O. The fraction of sp³-hybridized carbons (Fsp3) is 0.871. The van der Waals surface area contributed by atoms with Crippen molar-refractivity contribution in [3.05, 3.63) is 0 Å². The Balaban J connectivity index is 1.17. The lowest BCUT2D eigenvalue weighted by molar-refractivity contribution is -0.270. The zero-order chi connectivity index (χ0) is 97.6. The van der Waals surface area contributed by atoms with Crippen molar-refractivity contribution in [2.24, 2.45) is 0 Å². The molecule has 5 fully saturated rings. The maximum absolute atomic E-state index is 14.1. The molecule has 0 aromatic carbocycles. The minimum absolute atomic E-state index is 0.0162. The van der Waals surface area contributed by atoms with Crippen LogP contribution >= 0.6 is 7.82 Å². The molecule has 0 radical (unpaired) electrons. The van der Waals surface area contributed by atoms with Crippen LogP contribution in [0.1, 0.15) is 207 Å². The quantitative estimate of drug-likeness (QED) is 0.0201. The molecule has 5 rings (SSSR count). The fourth-order valence-corrected chi connectivity index (χ4v) is 16.2. The van der Waals surface area contributed by atoms with Crippen LogP contribution in [0, 0.1) is 0 Å². The summed E-state index contributed by atoms with van der Waals surface area (Å²) < 4.78 is 81.2. The van der Waals surface area contributed by atoms with E-state index in [9.17, 15) is 113 Å².